The lowest BCUT2D eigenvalue weighted by Crippen LogP contribution is -2.41. The highest BCUT2D eigenvalue weighted by molar-refractivity contribution is 9.24. The maximum Gasteiger partial charge on any atom is 0.222 e. The molecule has 0 aliphatic heterocycles. The minimum absolute atomic E-state index is 0.0521. The maximum atomic E-state index is 11.1. The minimum atomic E-state index is -0.133. The number of hydrogen-bond donors (Lipinski definition) is 1. The molecule has 0 unspecified atom stereocenters. The molecule has 0 fully saturated rings. The SMILES string of the molecule is CC(C)(C)NC(=O)CC(Br)Br. The monoisotopic (exact) mass is 285 g/mol. The first-order valence-electron chi connectivity index (χ1n) is 3.40. The molecule has 0 aliphatic rings. The van der Waals surface area contributed by atoms with Crippen molar-refractivity contribution in [2.45, 2.75) is 36.5 Å². The van der Waals surface area contributed by atoms with E-state index in [0.29, 0.717) is 6.42 Å². The highest BCUT2D eigenvalue weighted by Gasteiger charge is 2.14. The summed E-state index contributed by atoms with van der Waals surface area (Å²) in [5.41, 5.74) is -0.133. The predicted octanol–water partition coefficient (Wildman–Crippen LogP) is 2.41. The molecule has 1 amide bonds. The van der Waals surface area contributed by atoms with Crippen LogP contribution >= 0.6 is 31.9 Å². The fraction of sp³-hybridized carbons (Fsp3) is 0.857. The van der Waals surface area contributed by atoms with Crippen molar-refractivity contribution in [2.75, 3.05) is 0 Å². The van der Waals surface area contributed by atoms with E-state index >= 15 is 0 Å². The first kappa shape index (κ1) is 11.4. The minimum Gasteiger partial charge on any atom is -0.351 e. The third-order valence-electron chi connectivity index (χ3n) is 0.854. The Bertz CT molecular complexity index is 140. The molecule has 4 heteroatoms. The molecule has 0 spiro atoms. The van der Waals surface area contributed by atoms with Gasteiger partial charge in [-0.3, -0.25) is 4.79 Å². The van der Waals surface area contributed by atoms with Crippen LogP contribution in [0.15, 0.2) is 0 Å². The molecule has 1 N–H and O–H groups in total. The standard InChI is InChI=1S/C7H13Br2NO/c1-7(2,3)10-6(11)4-5(8)9/h5H,4H2,1-3H3,(H,10,11). The molecule has 0 saturated carbocycles. The van der Waals surface area contributed by atoms with E-state index in [1.165, 1.54) is 0 Å². The topological polar surface area (TPSA) is 29.1 Å². The molecule has 0 atom stereocenters. The molecule has 0 radical (unpaired) electrons. The summed E-state index contributed by atoms with van der Waals surface area (Å²) in [6.45, 7) is 5.88. The van der Waals surface area contributed by atoms with Gasteiger partial charge in [0.1, 0.15) is 0 Å². The molecule has 66 valence electrons. The van der Waals surface area contributed by atoms with Gasteiger partial charge in [0.2, 0.25) is 5.91 Å². The molecule has 0 bridgehead atoms. The molecule has 0 heterocycles. The lowest BCUT2D eigenvalue weighted by Gasteiger charge is -2.20. The van der Waals surface area contributed by atoms with Gasteiger partial charge >= 0.3 is 0 Å². The van der Waals surface area contributed by atoms with E-state index in [9.17, 15) is 4.79 Å². The Morgan fingerprint density at radius 1 is 1.45 bits per heavy atom. The second-order valence-corrected chi connectivity index (χ2v) is 6.83. The predicted molar refractivity (Wildman–Crippen MR) is 54.2 cm³/mol. The van der Waals surface area contributed by atoms with E-state index in [4.69, 9.17) is 0 Å². The molecule has 0 saturated heterocycles. The fourth-order valence-electron chi connectivity index (χ4n) is 0.609. The van der Waals surface area contributed by atoms with Gasteiger partial charge in [-0.1, -0.05) is 31.9 Å². The van der Waals surface area contributed by atoms with E-state index in [1.54, 1.807) is 0 Å². The van der Waals surface area contributed by atoms with E-state index in [0.717, 1.165) is 0 Å². The van der Waals surface area contributed by atoms with Gasteiger partial charge in [0.05, 0.1) is 3.74 Å². The van der Waals surface area contributed by atoms with Gasteiger partial charge in [-0.25, -0.2) is 0 Å². The fourth-order valence-corrected chi connectivity index (χ4v) is 1.20. The molecule has 11 heavy (non-hydrogen) atoms. The second-order valence-electron chi connectivity index (χ2n) is 3.39. The van der Waals surface area contributed by atoms with Gasteiger partial charge in [0, 0.05) is 12.0 Å². The van der Waals surface area contributed by atoms with Crippen LogP contribution in [0, 0.1) is 0 Å². The Morgan fingerprint density at radius 2 is 1.91 bits per heavy atom. The third-order valence-corrected chi connectivity index (χ3v) is 1.50. The summed E-state index contributed by atoms with van der Waals surface area (Å²) in [4.78, 5) is 11.1. The first-order valence-corrected chi connectivity index (χ1v) is 5.23. The van der Waals surface area contributed by atoms with E-state index < -0.39 is 0 Å². The van der Waals surface area contributed by atoms with Crippen LogP contribution < -0.4 is 5.32 Å². The molecular weight excluding hydrogens is 274 g/mol. The van der Waals surface area contributed by atoms with E-state index in [2.05, 4.69) is 37.2 Å². The molecule has 0 aliphatic carbocycles. The highest BCUT2D eigenvalue weighted by atomic mass is 79.9. The number of nitrogens with one attached hydrogen (secondary N) is 1. The Balaban J connectivity index is 3.71. The van der Waals surface area contributed by atoms with Gasteiger partial charge in [-0.2, -0.15) is 0 Å². The average Bonchev–Trinajstić information content (AvgIpc) is 1.53. The van der Waals surface area contributed by atoms with Crippen LogP contribution in [-0.4, -0.2) is 15.2 Å². The quantitative estimate of drug-likeness (QED) is 0.776. The van der Waals surface area contributed by atoms with Gasteiger partial charge in [0.15, 0.2) is 0 Å². The number of carbonyl (C=O) groups is 1. The number of amides is 1. The van der Waals surface area contributed by atoms with Crippen molar-refractivity contribution in [1.29, 1.82) is 0 Å². The number of carbonyl (C=O) groups excluding carboxylic acids is 1. The van der Waals surface area contributed by atoms with Crippen LogP contribution in [0.1, 0.15) is 27.2 Å². The highest BCUT2D eigenvalue weighted by Crippen LogP contribution is 2.12. The number of halogens is 2. The van der Waals surface area contributed by atoms with Crippen molar-refractivity contribution >= 4 is 37.8 Å². The van der Waals surface area contributed by atoms with Crippen molar-refractivity contribution in [3.8, 4) is 0 Å². The lowest BCUT2D eigenvalue weighted by molar-refractivity contribution is -0.122. The smallest absolute Gasteiger partial charge is 0.222 e. The van der Waals surface area contributed by atoms with Crippen molar-refractivity contribution in [1.82, 2.24) is 5.32 Å². The largest absolute Gasteiger partial charge is 0.351 e. The Labute approximate surface area is 84.4 Å². The summed E-state index contributed by atoms with van der Waals surface area (Å²) >= 11 is 6.48. The number of alkyl halides is 2. The Morgan fingerprint density at radius 3 is 2.18 bits per heavy atom. The summed E-state index contributed by atoms with van der Waals surface area (Å²) in [5, 5.41) is 2.85. The zero-order valence-corrected chi connectivity index (χ0v) is 10.1. The zero-order chi connectivity index (χ0) is 9.07. The van der Waals surface area contributed by atoms with Gasteiger partial charge < -0.3 is 5.32 Å². The summed E-state index contributed by atoms with van der Waals surface area (Å²) in [7, 11) is 0. The lowest BCUT2D eigenvalue weighted by atomic mass is 10.1. The maximum absolute atomic E-state index is 11.1. The van der Waals surface area contributed by atoms with Crippen LogP contribution in [0.4, 0.5) is 0 Å². The van der Waals surface area contributed by atoms with Crippen LogP contribution in [0.25, 0.3) is 0 Å². The first-order chi connectivity index (χ1) is 4.81. The number of hydrogen-bond acceptors (Lipinski definition) is 1. The number of rotatable bonds is 2. The molecular formula is C7H13Br2NO. The van der Waals surface area contributed by atoms with Gasteiger partial charge in [0.25, 0.3) is 0 Å². The van der Waals surface area contributed by atoms with Crippen LogP contribution in [0.3, 0.4) is 0 Å². The third kappa shape index (κ3) is 8.34. The van der Waals surface area contributed by atoms with Crippen molar-refractivity contribution in [2.24, 2.45) is 0 Å². The van der Waals surface area contributed by atoms with Crippen molar-refractivity contribution < 1.29 is 4.79 Å². The van der Waals surface area contributed by atoms with Crippen LogP contribution in [-0.2, 0) is 4.79 Å². The second kappa shape index (κ2) is 4.45. The Kier molecular flexibility index (Phi) is 4.63. The summed E-state index contributed by atoms with van der Waals surface area (Å²) in [6, 6.07) is 0. The van der Waals surface area contributed by atoms with E-state index in [1.807, 2.05) is 20.8 Å². The van der Waals surface area contributed by atoms with E-state index in [-0.39, 0.29) is 15.2 Å². The van der Waals surface area contributed by atoms with Crippen LogP contribution in [0.2, 0.25) is 0 Å². The van der Waals surface area contributed by atoms with Crippen molar-refractivity contribution in [3.63, 3.8) is 0 Å². The molecule has 0 aromatic carbocycles. The average molecular weight is 287 g/mol. The van der Waals surface area contributed by atoms with Gasteiger partial charge in [-0.15, -0.1) is 0 Å². The molecule has 0 aromatic rings. The summed E-state index contributed by atoms with van der Waals surface area (Å²) in [6.07, 6.45) is 0.456. The van der Waals surface area contributed by atoms with Gasteiger partial charge in [-0.05, 0) is 20.8 Å². The zero-order valence-electron chi connectivity index (χ0n) is 6.95. The molecule has 0 rings (SSSR count). The molecule has 2 nitrogen and oxygen atoms in total. The summed E-state index contributed by atoms with van der Waals surface area (Å²) < 4.78 is 0.0670. The molecule has 0 aromatic heterocycles. The van der Waals surface area contributed by atoms with Crippen LogP contribution in [0.5, 0.6) is 0 Å². The van der Waals surface area contributed by atoms with Crippen molar-refractivity contribution in [3.05, 3.63) is 0 Å². The summed E-state index contributed by atoms with van der Waals surface area (Å²) in [5.74, 6) is 0.0521. The Hall–Kier alpha value is 0.430. The normalized spacial score (nSPS) is 11.8.